The van der Waals surface area contributed by atoms with Crippen LogP contribution in [0.3, 0.4) is 0 Å². The van der Waals surface area contributed by atoms with Gasteiger partial charge < -0.3 is 5.11 Å². The molecule has 0 aliphatic rings. The summed E-state index contributed by atoms with van der Waals surface area (Å²) in [6.45, 7) is 4.26. The van der Waals surface area contributed by atoms with Crippen LogP contribution in [-0.2, 0) is 6.42 Å². The van der Waals surface area contributed by atoms with Gasteiger partial charge in [-0.3, -0.25) is 0 Å². The van der Waals surface area contributed by atoms with Gasteiger partial charge in [-0.15, -0.1) is 11.3 Å². The number of aliphatic hydroxyl groups excluding tert-OH is 1. The Morgan fingerprint density at radius 2 is 2.20 bits per heavy atom. The molecule has 1 heterocycles. The molecule has 0 aliphatic carbocycles. The van der Waals surface area contributed by atoms with Gasteiger partial charge in [0.05, 0.1) is 0 Å². The molecule has 10 heavy (non-hydrogen) atoms. The van der Waals surface area contributed by atoms with Crippen molar-refractivity contribution in [3.8, 4) is 0 Å². The summed E-state index contributed by atoms with van der Waals surface area (Å²) in [5, 5.41) is 10.5. The number of rotatable bonds is 2. The monoisotopic (exact) mass is 158 g/mol. The lowest BCUT2D eigenvalue weighted by molar-refractivity contribution is 0.300. The molecule has 0 unspecified atom stereocenters. The van der Waals surface area contributed by atoms with Crippen molar-refractivity contribution in [3.05, 3.63) is 22.4 Å². The number of thiophene rings is 1. The zero-order valence-corrected chi connectivity index (χ0v) is 7.32. The first-order chi connectivity index (χ1) is 4.93. The SMILES string of the molecule is CC.OCCc1cccs1. The maximum absolute atomic E-state index is 8.44. The smallest absolute Gasteiger partial charge is 0.0479 e. The number of hydrogen-bond donors (Lipinski definition) is 1. The van der Waals surface area contributed by atoms with Crippen molar-refractivity contribution in [1.29, 1.82) is 0 Å². The fourth-order valence-corrected chi connectivity index (χ4v) is 1.26. The predicted molar refractivity (Wildman–Crippen MR) is 46.5 cm³/mol. The molecule has 0 aliphatic heterocycles. The molecular weight excluding hydrogens is 144 g/mol. The zero-order chi connectivity index (χ0) is 7.82. The van der Waals surface area contributed by atoms with Gasteiger partial charge in [0.2, 0.25) is 0 Å². The third-order valence-electron chi connectivity index (χ3n) is 0.938. The van der Waals surface area contributed by atoms with E-state index in [0.29, 0.717) is 0 Å². The molecule has 1 rings (SSSR count). The molecule has 0 saturated heterocycles. The quantitative estimate of drug-likeness (QED) is 0.700. The lowest BCUT2D eigenvalue weighted by Crippen LogP contribution is -1.84. The van der Waals surface area contributed by atoms with Gasteiger partial charge >= 0.3 is 0 Å². The summed E-state index contributed by atoms with van der Waals surface area (Å²) < 4.78 is 0. The van der Waals surface area contributed by atoms with Crippen molar-refractivity contribution in [3.63, 3.8) is 0 Å². The minimum atomic E-state index is 0.264. The zero-order valence-electron chi connectivity index (χ0n) is 6.50. The predicted octanol–water partition coefficient (Wildman–Crippen LogP) is 2.31. The van der Waals surface area contributed by atoms with Crippen molar-refractivity contribution in [1.82, 2.24) is 0 Å². The van der Waals surface area contributed by atoms with Crippen molar-refractivity contribution in [2.75, 3.05) is 6.61 Å². The second kappa shape index (κ2) is 6.78. The van der Waals surface area contributed by atoms with Gasteiger partial charge in [0, 0.05) is 17.9 Å². The standard InChI is InChI=1S/C6H8OS.C2H6/c7-4-3-6-2-1-5-8-6;1-2/h1-2,5,7H,3-4H2;1-2H3. The molecule has 1 nitrogen and oxygen atoms in total. The third-order valence-corrected chi connectivity index (χ3v) is 1.87. The molecule has 0 fully saturated rings. The van der Waals surface area contributed by atoms with E-state index in [1.165, 1.54) is 4.88 Å². The Kier molecular flexibility index (Phi) is 6.55. The molecule has 0 aromatic carbocycles. The van der Waals surface area contributed by atoms with Crippen LogP contribution in [0, 0.1) is 0 Å². The van der Waals surface area contributed by atoms with Crippen LogP contribution >= 0.6 is 11.3 Å². The maximum Gasteiger partial charge on any atom is 0.0479 e. The third kappa shape index (κ3) is 3.64. The molecule has 2 heteroatoms. The highest BCUT2D eigenvalue weighted by Crippen LogP contribution is 2.07. The minimum Gasteiger partial charge on any atom is -0.396 e. The molecule has 0 atom stereocenters. The number of hydrogen-bond acceptors (Lipinski definition) is 2. The van der Waals surface area contributed by atoms with Crippen LogP contribution < -0.4 is 0 Å². The van der Waals surface area contributed by atoms with E-state index >= 15 is 0 Å². The Balaban J connectivity index is 0.000000371. The molecule has 0 radical (unpaired) electrons. The van der Waals surface area contributed by atoms with E-state index in [1.54, 1.807) is 11.3 Å². The molecule has 0 spiro atoms. The normalized spacial score (nSPS) is 8.30. The summed E-state index contributed by atoms with van der Waals surface area (Å²) in [5.41, 5.74) is 0. The summed E-state index contributed by atoms with van der Waals surface area (Å²) in [4.78, 5) is 1.26. The van der Waals surface area contributed by atoms with Gasteiger partial charge in [-0.25, -0.2) is 0 Å². The number of aliphatic hydroxyl groups is 1. The molecule has 1 N–H and O–H groups in total. The van der Waals surface area contributed by atoms with E-state index in [0.717, 1.165) is 6.42 Å². The van der Waals surface area contributed by atoms with Crippen molar-refractivity contribution < 1.29 is 5.11 Å². The second-order valence-corrected chi connectivity index (χ2v) is 2.59. The van der Waals surface area contributed by atoms with E-state index in [-0.39, 0.29) is 6.61 Å². The first-order valence-corrected chi connectivity index (χ1v) is 4.44. The lowest BCUT2D eigenvalue weighted by atomic mass is 10.4. The molecule has 0 saturated carbocycles. The van der Waals surface area contributed by atoms with Crippen LogP contribution in [0.25, 0.3) is 0 Å². The Morgan fingerprint density at radius 1 is 1.50 bits per heavy atom. The maximum atomic E-state index is 8.44. The average molecular weight is 158 g/mol. The molecule has 1 aromatic rings. The van der Waals surface area contributed by atoms with Crippen LogP contribution in [0.1, 0.15) is 18.7 Å². The van der Waals surface area contributed by atoms with Gasteiger partial charge in [0.15, 0.2) is 0 Å². The van der Waals surface area contributed by atoms with Gasteiger partial charge in [-0.05, 0) is 11.4 Å². The fraction of sp³-hybridized carbons (Fsp3) is 0.500. The topological polar surface area (TPSA) is 20.2 Å². The van der Waals surface area contributed by atoms with Crippen molar-refractivity contribution >= 4 is 11.3 Å². The molecular formula is C8H14OS. The van der Waals surface area contributed by atoms with E-state index in [1.807, 2.05) is 31.4 Å². The second-order valence-electron chi connectivity index (χ2n) is 1.55. The molecule has 0 bridgehead atoms. The highest BCUT2D eigenvalue weighted by molar-refractivity contribution is 7.09. The van der Waals surface area contributed by atoms with E-state index < -0.39 is 0 Å². The molecule has 0 amide bonds. The summed E-state index contributed by atoms with van der Waals surface area (Å²) in [6.07, 6.45) is 0.803. The van der Waals surface area contributed by atoms with E-state index in [9.17, 15) is 0 Å². The van der Waals surface area contributed by atoms with Gasteiger partial charge in [0.25, 0.3) is 0 Å². The first kappa shape index (κ1) is 9.66. The van der Waals surface area contributed by atoms with Crippen LogP contribution in [0.5, 0.6) is 0 Å². The lowest BCUT2D eigenvalue weighted by Gasteiger charge is -1.85. The molecule has 1 aromatic heterocycles. The Hall–Kier alpha value is -0.340. The van der Waals surface area contributed by atoms with Gasteiger partial charge in [-0.1, -0.05) is 19.9 Å². The van der Waals surface area contributed by atoms with Gasteiger partial charge in [0.1, 0.15) is 0 Å². The molecule has 58 valence electrons. The average Bonchev–Trinajstić information content (AvgIpc) is 2.46. The van der Waals surface area contributed by atoms with E-state index in [2.05, 4.69) is 0 Å². The van der Waals surface area contributed by atoms with Crippen molar-refractivity contribution in [2.45, 2.75) is 20.3 Å². The summed E-state index contributed by atoms with van der Waals surface area (Å²) in [6, 6.07) is 4.02. The Labute approximate surface area is 66.3 Å². The largest absolute Gasteiger partial charge is 0.396 e. The highest BCUT2D eigenvalue weighted by Gasteiger charge is 1.87. The highest BCUT2D eigenvalue weighted by atomic mass is 32.1. The Morgan fingerprint density at radius 3 is 2.60 bits per heavy atom. The van der Waals surface area contributed by atoms with Crippen LogP contribution in [0.4, 0.5) is 0 Å². The summed E-state index contributed by atoms with van der Waals surface area (Å²) in [7, 11) is 0. The summed E-state index contributed by atoms with van der Waals surface area (Å²) in [5.74, 6) is 0. The first-order valence-electron chi connectivity index (χ1n) is 3.56. The Bertz CT molecular complexity index is 135. The van der Waals surface area contributed by atoms with Crippen LogP contribution in [0.15, 0.2) is 17.5 Å². The summed E-state index contributed by atoms with van der Waals surface area (Å²) >= 11 is 1.69. The van der Waals surface area contributed by atoms with E-state index in [4.69, 9.17) is 5.11 Å². The minimum absolute atomic E-state index is 0.264. The van der Waals surface area contributed by atoms with Gasteiger partial charge in [-0.2, -0.15) is 0 Å². The van der Waals surface area contributed by atoms with Crippen molar-refractivity contribution in [2.24, 2.45) is 0 Å². The van der Waals surface area contributed by atoms with Crippen LogP contribution in [0.2, 0.25) is 0 Å². The fourth-order valence-electron chi connectivity index (χ4n) is 0.565. The van der Waals surface area contributed by atoms with Crippen LogP contribution in [-0.4, -0.2) is 11.7 Å².